The summed E-state index contributed by atoms with van der Waals surface area (Å²) in [6.07, 6.45) is 3.54. The van der Waals surface area contributed by atoms with Crippen molar-refractivity contribution in [3.05, 3.63) is 59.9 Å². The minimum absolute atomic E-state index is 0.541. The molecule has 3 nitrogen and oxygen atoms in total. The molecular formula is C14H16N2O. The van der Waals surface area contributed by atoms with Crippen LogP contribution in [-0.2, 0) is 5.54 Å². The van der Waals surface area contributed by atoms with Gasteiger partial charge in [-0.2, -0.15) is 0 Å². The van der Waals surface area contributed by atoms with E-state index in [-0.39, 0.29) is 0 Å². The van der Waals surface area contributed by atoms with Gasteiger partial charge in [-0.05, 0) is 36.2 Å². The lowest BCUT2D eigenvalue weighted by atomic mass is 9.87. The fraction of sp³-hybridized carbons (Fsp3) is 0.214. The summed E-state index contributed by atoms with van der Waals surface area (Å²) in [4.78, 5) is 4.11. The van der Waals surface area contributed by atoms with Gasteiger partial charge in [0.1, 0.15) is 5.75 Å². The Hall–Kier alpha value is -1.87. The smallest absolute Gasteiger partial charge is 0.118 e. The van der Waals surface area contributed by atoms with Gasteiger partial charge in [0, 0.05) is 12.4 Å². The Kier molecular flexibility index (Phi) is 3.11. The summed E-state index contributed by atoms with van der Waals surface area (Å²) in [5.41, 5.74) is 7.85. The first-order valence-electron chi connectivity index (χ1n) is 5.48. The molecule has 1 heterocycles. The summed E-state index contributed by atoms with van der Waals surface area (Å²) in [5.74, 6) is 0.829. The number of hydrogen-bond acceptors (Lipinski definition) is 3. The molecule has 1 aromatic heterocycles. The van der Waals surface area contributed by atoms with Crippen LogP contribution in [0.3, 0.4) is 0 Å². The van der Waals surface area contributed by atoms with Gasteiger partial charge in [0.15, 0.2) is 0 Å². The van der Waals surface area contributed by atoms with Crippen LogP contribution in [0.4, 0.5) is 0 Å². The van der Waals surface area contributed by atoms with Gasteiger partial charge in [-0.1, -0.05) is 18.2 Å². The summed E-state index contributed by atoms with van der Waals surface area (Å²) in [6, 6.07) is 11.7. The van der Waals surface area contributed by atoms with E-state index in [0.717, 1.165) is 16.9 Å². The molecule has 1 unspecified atom stereocenters. The second-order valence-corrected chi connectivity index (χ2v) is 4.17. The predicted octanol–water partition coefficient (Wildman–Crippen LogP) is 2.31. The standard InChI is InChI=1S/C14H16N2O/c1-14(15,12-4-3-9-16-10-12)11-5-7-13(17-2)8-6-11/h3-10H,15H2,1-2H3. The highest BCUT2D eigenvalue weighted by atomic mass is 16.5. The third kappa shape index (κ3) is 2.29. The molecule has 0 aliphatic heterocycles. The van der Waals surface area contributed by atoms with Gasteiger partial charge in [0.05, 0.1) is 12.6 Å². The molecule has 88 valence electrons. The first-order valence-corrected chi connectivity index (χ1v) is 5.48. The summed E-state index contributed by atoms with van der Waals surface area (Å²) < 4.78 is 5.13. The van der Waals surface area contributed by atoms with E-state index in [1.54, 1.807) is 19.5 Å². The van der Waals surface area contributed by atoms with Crippen molar-refractivity contribution in [1.82, 2.24) is 4.98 Å². The second-order valence-electron chi connectivity index (χ2n) is 4.17. The van der Waals surface area contributed by atoms with E-state index in [1.165, 1.54) is 0 Å². The normalized spacial score (nSPS) is 14.1. The number of rotatable bonds is 3. The summed E-state index contributed by atoms with van der Waals surface area (Å²) in [7, 11) is 1.65. The minimum Gasteiger partial charge on any atom is -0.497 e. The zero-order chi connectivity index (χ0) is 12.3. The largest absolute Gasteiger partial charge is 0.497 e. The molecule has 0 bridgehead atoms. The van der Waals surface area contributed by atoms with Crippen LogP contribution in [0.2, 0.25) is 0 Å². The van der Waals surface area contributed by atoms with E-state index in [9.17, 15) is 0 Å². The zero-order valence-electron chi connectivity index (χ0n) is 10.1. The molecule has 1 aromatic carbocycles. The quantitative estimate of drug-likeness (QED) is 0.877. The Balaban J connectivity index is 2.37. The van der Waals surface area contributed by atoms with E-state index in [4.69, 9.17) is 10.5 Å². The van der Waals surface area contributed by atoms with Gasteiger partial charge in [-0.3, -0.25) is 4.98 Å². The lowest BCUT2D eigenvalue weighted by Crippen LogP contribution is -2.34. The number of nitrogens with two attached hydrogens (primary N) is 1. The number of benzene rings is 1. The fourth-order valence-electron chi connectivity index (χ4n) is 1.77. The molecule has 0 saturated carbocycles. The van der Waals surface area contributed by atoms with Crippen LogP contribution in [0.1, 0.15) is 18.1 Å². The van der Waals surface area contributed by atoms with Crippen molar-refractivity contribution >= 4 is 0 Å². The highest BCUT2D eigenvalue weighted by Crippen LogP contribution is 2.27. The lowest BCUT2D eigenvalue weighted by molar-refractivity contribution is 0.414. The van der Waals surface area contributed by atoms with Crippen LogP contribution in [0.25, 0.3) is 0 Å². The van der Waals surface area contributed by atoms with Gasteiger partial charge in [0.2, 0.25) is 0 Å². The zero-order valence-corrected chi connectivity index (χ0v) is 10.1. The van der Waals surface area contributed by atoms with Crippen LogP contribution in [0.5, 0.6) is 5.75 Å². The third-order valence-electron chi connectivity index (χ3n) is 2.95. The van der Waals surface area contributed by atoms with Crippen molar-refractivity contribution in [2.24, 2.45) is 5.73 Å². The molecule has 0 aliphatic carbocycles. The van der Waals surface area contributed by atoms with Crippen molar-refractivity contribution in [2.75, 3.05) is 7.11 Å². The molecule has 17 heavy (non-hydrogen) atoms. The molecule has 0 saturated heterocycles. The summed E-state index contributed by atoms with van der Waals surface area (Å²) in [6.45, 7) is 1.98. The van der Waals surface area contributed by atoms with Crippen molar-refractivity contribution in [3.8, 4) is 5.75 Å². The number of hydrogen-bond donors (Lipinski definition) is 1. The van der Waals surface area contributed by atoms with Gasteiger partial charge in [0.25, 0.3) is 0 Å². The molecule has 0 amide bonds. The minimum atomic E-state index is -0.541. The first kappa shape index (κ1) is 11.6. The number of aromatic nitrogens is 1. The molecule has 0 radical (unpaired) electrons. The van der Waals surface area contributed by atoms with E-state index < -0.39 is 5.54 Å². The Morgan fingerprint density at radius 2 is 1.82 bits per heavy atom. The Morgan fingerprint density at radius 3 is 2.35 bits per heavy atom. The van der Waals surface area contributed by atoms with Gasteiger partial charge < -0.3 is 10.5 Å². The van der Waals surface area contributed by atoms with E-state index >= 15 is 0 Å². The van der Waals surface area contributed by atoms with Crippen LogP contribution in [0, 0.1) is 0 Å². The highest BCUT2D eigenvalue weighted by Gasteiger charge is 2.23. The first-order chi connectivity index (χ1) is 8.14. The summed E-state index contributed by atoms with van der Waals surface area (Å²) >= 11 is 0. The molecule has 1 atom stereocenters. The number of ether oxygens (including phenoxy) is 1. The topological polar surface area (TPSA) is 48.1 Å². The highest BCUT2D eigenvalue weighted by molar-refractivity contribution is 5.38. The lowest BCUT2D eigenvalue weighted by Gasteiger charge is -2.25. The van der Waals surface area contributed by atoms with E-state index in [2.05, 4.69) is 4.98 Å². The average molecular weight is 228 g/mol. The van der Waals surface area contributed by atoms with Crippen LogP contribution >= 0.6 is 0 Å². The molecule has 0 fully saturated rings. The molecule has 0 aliphatic rings. The molecule has 2 N–H and O–H groups in total. The number of nitrogens with zero attached hydrogens (tertiary/aromatic N) is 1. The molecule has 2 rings (SSSR count). The maximum Gasteiger partial charge on any atom is 0.118 e. The SMILES string of the molecule is COc1ccc(C(C)(N)c2cccnc2)cc1. The van der Waals surface area contributed by atoms with E-state index in [1.807, 2.05) is 43.3 Å². The second kappa shape index (κ2) is 4.55. The molecule has 0 spiro atoms. The van der Waals surface area contributed by atoms with Gasteiger partial charge in [-0.15, -0.1) is 0 Å². The van der Waals surface area contributed by atoms with E-state index in [0.29, 0.717) is 0 Å². The van der Waals surface area contributed by atoms with Crippen molar-refractivity contribution in [2.45, 2.75) is 12.5 Å². The number of methoxy groups -OCH3 is 1. The van der Waals surface area contributed by atoms with Crippen LogP contribution < -0.4 is 10.5 Å². The molecule has 2 aromatic rings. The summed E-state index contributed by atoms with van der Waals surface area (Å²) in [5, 5.41) is 0. The maximum atomic E-state index is 6.37. The third-order valence-corrected chi connectivity index (χ3v) is 2.95. The van der Waals surface area contributed by atoms with Crippen molar-refractivity contribution < 1.29 is 4.74 Å². The molecular weight excluding hydrogens is 212 g/mol. The monoisotopic (exact) mass is 228 g/mol. The Labute approximate surface area is 101 Å². The van der Waals surface area contributed by atoms with Crippen LogP contribution in [0.15, 0.2) is 48.8 Å². The molecule has 3 heteroatoms. The van der Waals surface area contributed by atoms with Crippen LogP contribution in [-0.4, -0.2) is 12.1 Å². The van der Waals surface area contributed by atoms with Gasteiger partial charge in [-0.25, -0.2) is 0 Å². The van der Waals surface area contributed by atoms with Crippen molar-refractivity contribution in [3.63, 3.8) is 0 Å². The fourth-order valence-corrected chi connectivity index (χ4v) is 1.77. The number of pyridine rings is 1. The predicted molar refractivity (Wildman–Crippen MR) is 67.9 cm³/mol. The van der Waals surface area contributed by atoms with Crippen molar-refractivity contribution in [1.29, 1.82) is 0 Å². The van der Waals surface area contributed by atoms with Gasteiger partial charge >= 0.3 is 0 Å². The average Bonchev–Trinajstić information content (AvgIpc) is 2.40. The Morgan fingerprint density at radius 1 is 1.12 bits per heavy atom. The maximum absolute atomic E-state index is 6.37. The Bertz CT molecular complexity index is 477.